The summed E-state index contributed by atoms with van der Waals surface area (Å²) in [6.07, 6.45) is 0.774. The van der Waals surface area contributed by atoms with E-state index >= 15 is 0 Å². The molecule has 0 radical (unpaired) electrons. The number of Topliss-reactive ketones (excluding diaryl/α,β-unsaturated/α-hetero) is 1. The van der Waals surface area contributed by atoms with Crippen LogP contribution in [0.4, 0.5) is 4.39 Å². The van der Waals surface area contributed by atoms with Gasteiger partial charge in [0, 0.05) is 11.5 Å². The van der Waals surface area contributed by atoms with Crippen LogP contribution in [0.5, 0.6) is 0 Å². The lowest BCUT2D eigenvalue weighted by atomic mass is 9.97. The lowest BCUT2D eigenvalue weighted by molar-refractivity contribution is 0.0927. The molecule has 1 unspecified atom stereocenters. The number of hydrogen-bond acceptors (Lipinski definition) is 1. The molecule has 0 saturated carbocycles. The van der Waals surface area contributed by atoms with E-state index in [0.717, 1.165) is 6.42 Å². The molecule has 0 aliphatic carbocycles. The zero-order valence-corrected chi connectivity index (χ0v) is 9.77. The zero-order chi connectivity index (χ0) is 10.7. The third kappa shape index (κ3) is 2.41. The summed E-state index contributed by atoms with van der Waals surface area (Å²) in [7, 11) is 0. The fourth-order valence-corrected chi connectivity index (χ4v) is 1.37. The maximum atomic E-state index is 13.1. The normalized spacial score (nSPS) is 12.6. The minimum Gasteiger partial charge on any atom is -0.294 e. The molecule has 0 aliphatic rings. The molecule has 1 aromatic carbocycles. The molecule has 0 fully saturated rings. The van der Waals surface area contributed by atoms with Gasteiger partial charge in [0.05, 0.1) is 4.47 Å². The molecule has 14 heavy (non-hydrogen) atoms. The van der Waals surface area contributed by atoms with Crippen molar-refractivity contribution >= 4 is 21.7 Å². The van der Waals surface area contributed by atoms with Crippen LogP contribution in [-0.4, -0.2) is 5.78 Å². The molecule has 76 valence electrons. The van der Waals surface area contributed by atoms with Gasteiger partial charge in [-0.05, 0) is 34.5 Å². The standard InChI is InChI=1S/C11H12BrFO/c1-3-7(2)11(14)8-4-5-9(12)10(13)6-8/h4-7H,3H2,1-2H3. The number of carbonyl (C=O) groups is 1. The van der Waals surface area contributed by atoms with Crippen molar-refractivity contribution in [2.75, 3.05) is 0 Å². The summed E-state index contributed by atoms with van der Waals surface area (Å²) in [5.41, 5.74) is 0.444. The highest BCUT2D eigenvalue weighted by atomic mass is 79.9. The summed E-state index contributed by atoms with van der Waals surface area (Å²) >= 11 is 3.05. The first-order valence-electron chi connectivity index (χ1n) is 4.55. The van der Waals surface area contributed by atoms with Crippen LogP contribution in [0.3, 0.4) is 0 Å². The number of halogens is 2. The van der Waals surface area contributed by atoms with E-state index in [1.807, 2.05) is 13.8 Å². The Hall–Kier alpha value is -0.700. The van der Waals surface area contributed by atoms with Gasteiger partial charge < -0.3 is 0 Å². The van der Waals surface area contributed by atoms with Gasteiger partial charge in [-0.2, -0.15) is 0 Å². The lowest BCUT2D eigenvalue weighted by Crippen LogP contribution is -2.10. The number of benzene rings is 1. The first-order valence-corrected chi connectivity index (χ1v) is 5.34. The smallest absolute Gasteiger partial charge is 0.165 e. The SMILES string of the molecule is CCC(C)C(=O)c1ccc(Br)c(F)c1. The third-order valence-electron chi connectivity index (χ3n) is 2.26. The van der Waals surface area contributed by atoms with Crippen molar-refractivity contribution in [1.82, 2.24) is 0 Å². The van der Waals surface area contributed by atoms with E-state index in [1.165, 1.54) is 6.07 Å². The maximum absolute atomic E-state index is 13.1. The number of hydrogen-bond donors (Lipinski definition) is 0. The van der Waals surface area contributed by atoms with Gasteiger partial charge in [-0.25, -0.2) is 4.39 Å². The molecule has 0 N–H and O–H groups in total. The monoisotopic (exact) mass is 258 g/mol. The van der Waals surface area contributed by atoms with Crippen LogP contribution in [0.2, 0.25) is 0 Å². The van der Waals surface area contributed by atoms with Crippen molar-refractivity contribution in [1.29, 1.82) is 0 Å². The van der Waals surface area contributed by atoms with E-state index in [-0.39, 0.29) is 17.5 Å². The summed E-state index contributed by atoms with van der Waals surface area (Å²) in [5.74, 6) is -0.436. The molecule has 1 nitrogen and oxygen atoms in total. The van der Waals surface area contributed by atoms with Crippen LogP contribution in [0.1, 0.15) is 30.6 Å². The second kappa shape index (κ2) is 4.69. The number of rotatable bonds is 3. The predicted molar refractivity (Wildman–Crippen MR) is 57.9 cm³/mol. The van der Waals surface area contributed by atoms with Crippen LogP contribution in [0, 0.1) is 11.7 Å². The lowest BCUT2D eigenvalue weighted by Gasteiger charge is -2.07. The topological polar surface area (TPSA) is 17.1 Å². The summed E-state index contributed by atoms with van der Waals surface area (Å²) in [5, 5.41) is 0. The molecule has 3 heteroatoms. The van der Waals surface area contributed by atoms with Gasteiger partial charge in [-0.15, -0.1) is 0 Å². The Balaban J connectivity index is 2.97. The van der Waals surface area contributed by atoms with Gasteiger partial charge in [0.2, 0.25) is 0 Å². The van der Waals surface area contributed by atoms with E-state index in [9.17, 15) is 9.18 Å². The number of ketones is 1. The Morgan fingerprint density at radius 2 is 2.21 bits per heavy atom. The fourth-order valence-electron chi connectivity index (χ4n) is 1.12. The average Bonchev–Trinajstić information content (AvgIpc) is 2.20. The van der Waals surface area contributed by atoms with Gasteiger partial charge in [-0.3, -0.25) is 4.79 Å². The highest BCUT2D eigenvalue weighted by Gasteiger charge is 2.14. The summed E-state index contributed by atoms with van der Waals surface area (Å²) in [4.78, 5) is 11.7. The zero-order valence-electron chi connectivity index (χ0n) is 8.18. The van der Waals surface area contributed by atoms with E-state index in [2.05, 4.69) is 15.9 Å². The molecule has 1 rings (SSSR count). The van der Waals surface area contributed by atoms with Crippen LogP contribution < -0.4 is 0 Å². The minimum absolute atomic E-state index is 0.00102. The summed E-state index contributed by atoms with van der Waals surface area (Å²) in [6.45, 7) is 3.79. The molecule has 0 aromatic heterocycles. The second-order valence-electron chi connectivity index (χ2n) is 3.30. The Bertz CT molecular complexity index is 349. The van der Waals surface area contributed by atoms with Crippen molar-refractivity contribution in [3.8, 4) is 0 Å². The molecule has 1 atom stereocenters. The van der Waals surface area contributed by atoms with Crippen LogP contribution in [0.15, 0.2) is 22.7 Å². The average molecular weight is 259 g/mol. The van der Waals surface area contributed by atoms with Gasteiger partial charge in [-0.1, -0.05) is 19.9 Å². The highest BCUT2D eigenvalue weighted by Crippen LogP contribution is 2.19. The molecule has 0 saturated heterocycles. The van der Waals surface area contributed by atoms with E-state index < -0.39 is 0 Å². The first kappa shape index (κ1) is 11.4. The predicted octanol–water partition coefficient (Wildman–Crippen LogP) is 3.82. The Morgan fingerprint density at radius 3 is 2.71 bits per heavy atom. The van der Waals surface area contributed by atoms with Crippen LogP contribution in [0.25, 0.3) is 0 Å². The molecular weight excluding hydrogens is 247 g/mol. The van der Waals surface area contributed by atoms with Crippen molar-refractivity contribution in [2.45, 2.75) is 20.3 Å². The van der Waals surface area contributed by atoms with E-state index in [4.69, 9.17) is 0 Å². The molecule has 0 bridgehead atoms. The molecule has 0 amide bonds. The van der Waals surface area contributed by atoms with Gasteiger partial charge >= 0.3 is 0 Å². The summed E-state index contributed by atoms with van der Waals surface area (Å²) in [6, 6.07) is 4.48. The minimum atomic E-state index is -0.390. The summed E-state index contributed by atoms with van der Waals surface area (Å²) < 4.78 is 13.5. The quantitative estimate of drug-likeness (QED) is 0.754. The largest absolute Gasteiger partial charge is 0.294 e. The van der Waals surface area contributed by atoms with Crippen molar-refractivity contribution < 1.29 is 9.18 Å². The van der Waals surface area contributed by atoms with Gasteiger partial charge in [0.15, 0.2) is 5.78 Å². The van der Waals surface area contributed by atoms with Crippen molar-refractivity contribution in [2.24, 2.45) is 5.92 Å². The van der Waals surface area contributed by atoms with Crippen molar-refractivity contribution in [3.63, 3.8) is 0 Å². The highest BCUT2D eigenvalue weighted by molar-refractivity contribution is 9.10. The van der Waals surface area contributed by atoms with Crippen LogP contribution >= 0.6 is 15.9 Å². The Kier molecular flexibility index (Phi) is 3.81. The molecule has 0 spiro atoms. The third-order valence-corrected chi connectivity index (χ3v) is 2.91. The Labute approximate surface area is 91.5 Å². The van der Waals surface area contributed by atoms with Gasteiger partial charge in [0.1, 0.15) is 5.82 Å². The fraction of sp³-hybridized carbons (Fsp3) is 0.364. The maximum Gasteiger partial charge on any atom is 0.165 e. The number of carbonyl (C=O) groups excluding carboxylic acids is 1. The Morgan fingerprint density at radius 1 is 1.57 bits per heavy atom. The second-order valence-corrected chi connectivity index (χ2v) is 4.16. The molecular formula is C11H12BrFO. The first-order chi connectivity index (χ1) is 6.56. The molecule has 0 heterocycles. The van der Waals surface area contributed by atoms with Crippen LogP contribution in [-0.2, 0) is 0 Å². The van der Waals surface area contributed by atoms with Crippen molar-refractivity contribution in [3.05, 3.63) is 34.1 Å². The molecule has 0 aliphatic heterocycles. The molecule has 1 aromatic rings. The van der Waals surface area contributed by atoms with Gasteiger partial charge in [0.25, 0.3) is 0 Å². The van der Waals surface area contributed by atoms with E-state index in [0.29, 0.717) is 10.0 Å². The van der Waals surface area contributed by atoms with E-state index in [1.54, 1.807) is 12.1 Å².